The van der Waals surface area contributed by atoms with E-state index in [4.69, 9.17) is 21.4 Å². The number of fused-ring (bicyclic) bond motifs is 3. The average molecular weight is 467 g/mol. The topological polar surface area (TPSA) is 172 Å². The lowest BCUT2D eigenvalue weighted by atomic mass is 10.0. The van der Waals surface area contributed by atoms with E-state index in [-0.39, 0.29) is 0 Å². The van der Waals surface area contributed by atoms with Crippen LogP contribution >= 0.6 is 21.4 Å². The lowest BCUT2D eigenvalue weighted by molar-refractivity contribution is -0.386. The Balaban J connectivity index is 2.53. The highest BCUT2D eigenvalue weighted by Gasteiger charge is 2.41. The van der Waals surface area contributed by atoms with Gasteiger partial charge in [-0.2, -0.15) is 0 Å². The van der Waals surface area contributed by atoms with Crippen LogP contribution in [0.1, 0.15) is 15.9 Å². The fourth-order valence-electron chi connectivity index (χ4n) is 2.80. The third kappa shape index (κ3) is 3.11. The van der Waals surface area contributed by atoms with Crippen LogP contribution in [-0.2, 0) is 18.1 Å². The molecule has 0 atom stereocenters. The van der Waals surface area contributed by atoms with Gasteiger partial charge in [0.25, 0.3) is 29.5 Å². The molecule has 0 bridgehead atoms. The van der Waals surface area contributed by atoms with Crippen LogP contribution in [0.5, 0.6) is 0 Å². The number of hydrogen-bond donors (Lipinski definition) is 0. The minimum absolute atomic E-state index is 0.515. The van der Waals surface area contributed by atoms with Crippen molar-refractivity contribution in [3.05, 3.63) is 55.6 Å². The van der Waals surface area contributed by atoms with E-state index < -0.39 is 77.2 Å². The monoisotopic (exact) mass is 466 g/mol. The first-order valence-electron chi connectivity index (χ1n) is 6.82. The van der Waals surface area contributed by atoms with Gasteiger partial charge in [0.1, 0.15) is 0 Å². The van der Waals surface area contributed by atoms with Gasteiger partial charge in [-0.25, -0.2) is 16.8 Å². The summed E-state index contributed by atoms with van der Waals surface area (Å²) in [5, 5.41) is 22.9. The average Bonchev–Trinajstić information content (AvgIpc) is 2.84. The second-order valence-corrected chi connectivity index (χ2v) is 10.6. The smallest absolute Gasteiger partial charge is 0.279 e. The molecule has 0 radical (unpaired) electrons. The predicted octanol–water partition coefficient (Wildman–Crippen LogP) is 2.57. The number of ketones is 1. The molecule has 146 valence electrons. The third-order valence-corrected chi connectivity index (χ3v) is 6.54. The van der Waals surface area contributed by atoms with Crippen LogP contribution in [0.25, 0.3) is 11.1 Å². The SMILES string of the molecule is O=C1c2cc(S(=O)(=O)Cl)cc([N+](=O)[O-])c2-c2c1cc(S(=O)(=O)Cl)cc2[N+](=O)[O-]. The summed E-state index contributed by atoms with van der Waals surface area (Å²) in [5.41, 5.74) is -3.97. The number of hydrogen-bond acceptors (Lipinski definition) is 9. The van der Waals surface area contributed by atoms with Crippen molar-refractivity contribution < 1.29 is 31.5 Å². The van der Waals surface area contributed by atoms with E-state index in [1.807, 2.05) is 0 Å². The number of rotatable bonds is 4. The summed E-state index contributed by atoms with van der Waals surface area (Å²) in [6, 6.07) is 2.57. The molecular weight excluding hydrogens is 463 g/mol. The van der Waals surface area contributed by atoms with E-state index >= 15 is 0 Å². The Labute approximate surface area is 164 Å². The van der Waals surface area contributed by atoms with Crippen LogP contribution in [0.15, 0.2) is 34.1 Å². The molecule has 0 saturated carbocycles. The normalized spacial score (nSPS) is 13.1. The Bertz CT molecular complexity index is 1230. The molecule has 0 N–H and O–H groups in total. The van der Waals surface area contributed by atoms with Gasteiger partial charge in [0, 0.05) is 44.6 Å². The third-order valence-electron chi connectivity index (χ3n) is 3.88. The van der Waals surface area contributed by atoms with Crippen molar-refractivity contribution in [1.82, 2.24) is 0 Å². The molecule has 15 heteroatoms. The maximum Gasteiger partial charge on any atom is 0.279 e. The van der Waals surface area contributed by atoms with Gasteiger partial charge in [0.2, 0.25) is 0 Å². The molecule has 0 unspecified atom stereocenters. The highest BCUT2D eigenvalue weighted by molar-refractivity contribution is 8.14. The van der Waals surface area contributed by atoms with Gasteiger partial charge in [-0.3, -0.25) is 25.0 Å². The van der Waals surface area contributed by atoms with Crippen molar-refractivity contribution in [3.63, 3.8) is 0 Å². The number of benzene rings is 2. The highest BCUT2D eigenvalue weighted by atomic mass is 35.7. The van der Waals surface area contributed by atoms with Crippen LogP contribution in [-0.4, -0.2) is 32.5 Å². The molecule has 1 aliphatic rings. The quantitative estimate of drug-likeness (QED) is 0.318. The zero-order chi connectivity index (χ0) is 21.2. The first-order valence-corrected chi connectivity index (χ1v) is 11.4. The zero-order valence-electron chi connectivity index (χ0n) is 13.0. The lowest BCUT2D eigenvalue weighted by Crippen LogP contribution is -2.01. The van der Waals surface area contributed by atoms with Crippen molar-refractivity contribution >= 4 is 56.6 Å². The van der Waals surface area contributed by atoms with E-state index in [0.29, 0.717) is 12.1 Å². The van der Waals surface area contributed by atoms with E-state index in [2.05, 4.69) is 0 Å². The second-order valence-electron chi connectivity index (χ2n) is 5.45. The van der Waals surface area contributed by atoms with Crippen LogP contribution in [0.3, 0.4) is 0 Å². The van der Waals surface area contributed by atoms with Crippen LogP contribution in [0, 0.1) is 20.2 Å². The molecule has 28 heavy (non-hydrogen) atoms. The number of nitrogens with zero attached hydrogens (tertiary/aromatic N) is 2. The first-order chi connectivity index (χ1) is 12.7. The fraction of sp³-hybridized carbons (Fsp3) is 0. The summed E-state index contributed by atoms with van der Waals surface area (Å²) in [6.07, 6.45) is 0. The number of nitro benzene ring substituents is 2. The summed E-state index contributed by atoms with van der Waals surface area (Å²) in [7, 11) is 1.42. The molecule has 0 aliphatic heterocycles. The largest absolute Gasteiger partial charge is 0.289 e. The molecule has 11 nitrogen and oxygen atoms in total. The van der Waals surface area contributed by atoms with Gasteiger partial charge in [-0.15, -0.1) is 0 Å². The van der Waals surface area contributed by atoms with E-state index in [9.17, 15) is 41.9 Å². The van der Waals surface area contributed by atoms with Crippen molar-refractivity contribution in [2.24, 2.45) is 0 Å². The van der Waals surface area contributed by atoms with Gasteiger partial charge in [-0.1, -0.05) is 0 Å². The molecule has 0 fully saturated rings. The molecule has 0 aromatic heterocycles. The predicted molar refractivity (Wildman–Crippen MR) is 94.7 cm³/mol. The van der Waals surface area contributed by atoms with Crippen molar-refractivity contribution in [2.45, 2.75) is 9.79 Å². The maximum atomic E-state index is 12.7. The lowest BCUT2D eigenvalue weighted by Gasteiger charge is -2.06. The van der Waals surface area contributed by atoms with Crippen molar-refractivity contribution in [2.75, 3.05) is 0 Å². The summed E-state index contributed by atoms with van der Waals surface area (Å²) < 4.78 is 46.3. The van der Waals surface area contributed by atoms with E-state index in [0.717, 1.165) is 12.1 Å². The van der Waals surface area contributed by atoms with Gasteiger partial charge < -0.3 is 0 Å². The van der Waals surface area contributed by atoms with Gasteiger partial charge in [0.15, 0.2) is 5.78 Å². The highest BCUT2D eigenvalue weighted by Crippen LogP contribution is 2.49. The maximum absolute atomic E-state index is 12.7. The van der Waals surface area contributed by atoms with Crippen LogP contribution < -0.4 is 0 Å². The van der Waals surface area contributed by atoms with Gasteiger partial charge >= 0.3 is 0 Å². The molecule has 2 aromatic carbocycles. The summed E-state index contributed by atoms with van der Waals surface area (Å²) in [4.78, 5) is 31.9. The van der Waals surface area contributed by atoms with Crippen molar-refractivity contribution in [3.8, 4) is 11.1 Å². The number of carbonyl (C=O) groups is 1. The van der Waals surface area contributed by atoms with Gasteiger partial charge in [-0.05, 0) is 12.1 Å². The Hall–Kier alpha value is -2.61. The molecule has 1 aliphatic carbocycles. The molecule has 0 saturated heterocycles. The number of carbonyl (C=O) groups excluding carboxylic acids is 1. The Morgan fingerprint density at radius 2 is 1.04 bits per heavy atom. The second kappa shape index (κ2) is 6.20. The van der Waals surface area contributed by atoms with Gasteiger partial charge in [0.05, 0.1) is 30.8 Å². The Morgan fingerprint density at radius 1 is 0.714 bits per heavy atom. The van der Waals surface area contributed by atoms with E-state index in [1.165, 1.54) is 0 Å². The summed E-state index contributed by atoms with van der Waals surface area (Å²) in [5.74, 6) is -1.06. The number of halogens is 2. The number of nitro groups is 2. The first kappa shape index (κ1) is 20.1. The van der Waals surface area contributed by atoms with Crippen LogP contribution in [0.2, 0.25) is 0 Å². The molecule has 2 aromatic rings. The Kier molecular flexibility index (Phi) is 4.46. The zero-order valence-corrected chi connectivity index (χ0v) is 16.1. The fourth-order valence-corrected chi connectivity index (χ4v) is 4.36. The standard InChI is InChI=1S/C13H4Cl2N2O9S2/c14-27(23,24)5-1-7-11(9(3-5)16(19)20)12-8(13(7)18)2-6(28(15,25)26)4-10(12)17(21)22/h1-4H. The molecule has 0 amide bonds. The van der Waals surface area contributed by atoms with Crippen molar-refractivity contribution in [1.29, 1.82) is 0 Å². The minimum Gasteiger partial charge on any atom is -0.289 e. The molecule has 0 heterocycles. The molecule has 3 rings (SSSR count). The van der Waals surface area contributed by atoms with E-state index in [1.54, 1.807) is 0 Å². The van der Waals surface area contributed by atoms with Crippen LogP contribution in [0.4, 0.5) is 11.4 Å². The molecular formula is C13H4Cl2N2O9S2. The molecule has 0 spiro atoms. The summed E-state index contributed by atoms with van der Waals surface area (Å²) in [6.45, 7) is 0. The Morgan fingerprint density at radius 3 is 1.29 bits per heavy atom. The summed E-state index contributed by atoms with van der Waals surface area (Å²) >= 11 is 0. The minimum atomic E-state index is -4.48.